The van der Waals surface area contributed by atoms with Gasteiger partial charge in [-0.25, -0.2) is 9.13 Å². The van der Waals surface area contributed by atoms with E-state index in [1.807, 2.05) is 12.4 Å². The molecule has 0 bridgehead atoms. The van der Waals surface area contributed by atoms with Crippen molar-refractivity contribution in [3.8, 4) is 11.4 Å². The topological polar surface area (TPSA) is 57.6 Å². The minimum atomic E-state index is 0.340. The molecular weight excluding hydrogens is 394 g/mol. The minimum absolute atomic E-state index is 0.340. The zero-order valence-electron chi connectivity index (χ0n) is 20.7. The summed E-state index contributed by atoms with van der Waals surface area (Å²) in [5.74, 6) is 1.94. The highest BCUT2D eigenvalue weighted by atomic mass is 15.3. The van der Waals surface area contributed by atoms with Crippen LogP contribution in [0.2, 0.25) is 0 Å². The number of nitrogens with zero attached hydrogens (tertiary/aromatic N) is 5. The summed E-state index contributed by atoms with van der Waals surface area (Å²) < 4.78 is 4.15. The molecule has 1 heterocycles. The number of benzene rings is 2. The van der Waals surface area contributed by atoms with E-state index in [0.717, 1.165) is 11.4 Å². The molecule has 0 aliphatic rings. The van der Waals surface area contributed by atoms with E-state index in [1.54, 1.807) is 0 Å². The molecule has 3 rings (SSSR count). The Morgan fingerprint density at radius 3 is 1.59 bits per heavy atom. The lowest BCUT2D eigenvalue weighted by molar-refractivity contribution is -0.582. The quantitative estimate of drug-likeness (QED) is 0.157. The lowest BCUT2D eigenvalue weighted by Gasteiger charge is -2.20. The largest absolute Gasteiger partial charge is 0.301 e. The number of rotatable bonds is 7. The Labute approximate surface area is 192 Å². The van der Waals surface area contributed by atoms with Gasteiger partial charge in [0, 0.05) is 10.0 Å². The van der Waals surface area contributed by atoms with E-state index in [0.29, 0.717) is 29.6 Å². The number of para-hydroxylation sites is 2. The molecule has 5 nitrogen and oxygen atoms in total. The predicted molar refractivity (Wildman–Crippen MR) is 132 cm³/mol. The van der Waals surface area contributed by atoms with E-state index in [2.05, 4.69) is 111 Å². The van der Waals surface area contributed by atoms with E-state index in [1.165, 1.54) is 22.3 Å². The first-order chi connectivity index (χ1) is 15.2. The van der Waals surface area contributed by atoms with Crippen LogP contribution in [0.25, 0.3) is 21.8 Å². The SMILES string of the molecule is CC(C)c1cccc(C(C)C)c1-n1cc[n+](-c2c(C(C)C)cccc2C(C)C)c1N=[N+]=[N-]. The predicted octanol–water partition coefficient (Wildman–Crippen LogP) is 8.19. The maximum Gasteiger partial charge on any atom is 0.301 e. The molecule has 0 spiro atoms. The molecule has 0 atom stereocenters. The number of hydrogen-bond acceptors (Lipinski definition) is 1. The summed E-state index contributed by atoms with van der Waals surface area (Å²) in [5, 5.41) is 4.23. The standard InChI is InChI=1S/C27H36N5/c1-17(2)21-11-9-12-22(18(3)4)25(21)31-15-16-32(27(31)29-30-28)26-23(19(5)6)13-10-14-24(26)20(7)8/h9-20H,1-8H3/q+1. The van der Waals surface area contributed by atoms with Crippen molar-refractivity contribution in [1.82, 2.24) is 4.57 Å². The van der Waals surface area contributed by atoms with Crippen LogP contribution in [0.15, 0.2) is 53.9 Å². The summed E-state index contributed by atoms with van der Waals surface area (Å²) in [6, 6.07) is 13.0. The number of aromatic nitrogens is 2. The van der Waals surface area contributed by atoms with Crippen LogP contribution in [0, 0.1) is 0 Å². The van der Waals surface area contributed by atoms with Gasteiger partial charge in [0.15, 0.2) is 0 Å². The first-order valence-corrected chi connectivity index (χ1v) is 11.6. The minimum Gasteiger partial charge on any atom is -0.227 e. The lowest BCUT2D eigenvalue weighted by Crippen LogP contribution is -2.33. The van der Waals surface area contributed by atoms with Gasteiger partial charge in [0.05, 0.1) is 12.4 Å². The van der Waals surface area contributed by atoms with Gasteiger partial charge in [0.25, 0.3) is 0 Å². The second-order valence-electron chi connectivity index (χ2n) is 9.72. The number of azide groups is 1. The molecule has 3 aromatic rings. The Kier molecular flexibility index (Phi) is 7.10. The van der Waals surface area contributed by atoms with Gasteiger partial charge in [-0.2, -0.15) is 0 Å². The zero-order valence-corrected chi connectivity index (χ0v) is 20.7. The third kappa shape index (κ3) is 4.31. The van der Waals surface area contributed by atoms with Gasteiger partial charge in [-0.3, -0.25) is 0 Å². The Balaban J connectivity index is 2.43. The fraction of sp³-hybridized carbons (Fsp3) is 0.444. The van der Waals surface area contributed by atoms with Crippen LogP contribution in [-0.2, 0) is 0 Å². The average Bonchev–Trinajstić information content (AvgIpc) is 3.15. The van der Waals surface area contributed by atoms with Gasteiger partial charge in [-0.1, -0.05) is 91.8 Å². The van der Waals surface area contributed by atoms with Gasteiger partial charge in [0.2, 0.25) is 0 Å². The van der Waals surface area contributed by atoms with Crippen LogP contribution in [0.1, 0.15) is 101 Å². The van der Waals surface area contributed by atoms with Gasteiger partial charge in [0.1, 0.15) is 11.4 Å². The first kappa shape index (κ1) is 23.6. The molecule has 32 heavy (non-hydrogen) atoms. The van der Waals surface area contributed by atoms with Crippen molar-refractivity contribution in [2.75, 3.05) is 0 Å². The van der Waals surface area contributed by atoms with E-state index in [9.17, 15) is 5.53 Å². The number of imidazole rings is 1. The van der Waals surface area contributed by atoms with Crippen LogP contribution >= 0.6 is 0 Å². The molecule has 0 unspecified atom stereocenters. The summed E-state index contributed by atoms with van der Waals surface area (Å²) >= 11 is 0. The molecule has 0 saturated carbocycles. The Morgan fingerprint density at radius 2 is 1.19 bits per heavy atom. The van der Waals surface area contributed by atoms with Crippen molar-refractivity contribution < 1.29 is 4.57 Å². The van der Waals surface area contributed by atoms with Crippen molar-refractivity contribution in [2.24, 2.45) is 5.11 Å². The second kappa shape index (κ2) is 9.62. The molecule has 0 N–H and O–H groups in total. The van der Waals surface area contributed by atoms with Crippen LogP contribution in [0.5, 0.6) is 0 Å². The Bertz CT molecular complexity index is 1010. The highest BCUT2D eigenvalue weighted by Gasteiger charge is 2.26. The van der Waals surface area contributed by atoms with E-state index in [4.69, 9.17) is 0 Å². The normalized spacial score (nSPS) is 11.6. The van der Waals surface area contributed by atoms with Crippen molar-refractivity contribution >= 4 is 5.95 Å². The fourth-order valence-corrected chi connectivity index (χ4v) is 4.45. The maximum atomic E-state index is 9.53. The molecule has 0 aliphatic carbocycles. The summed E-state index contributed by atoms with van der Waals surface area (Å²) in [4.78, 5) is 3.23. The van der Waals surface area contributed by atoms with Crippen LogP contribution in [0.4, 0.5) is 5.95 Å². The van der Waals surface area contributed by atoms with Crippen LogP contribution < -0.4 is 4.57 Å². The van der Waals surface area contributed by atoms with Gasteiger partial charge >= 0.3 is 5.95 Å². The van der Waals surface area contributed by atoms with Gasteiger partial charge in [-0.05, 0) is 51.5 Å². The Morgan fingerprint density at radius 1 is 0.750 bits per heavy atom. The lowest BCUT2D eigenvalue weighted by atomic mass is 9.92. The number of hydrogen-bond donors (Lipinski definition) is 0. The molecule has 0 fully saturated rings. The third-order valence-corrected chi connectivity index (χ3v) is 6.10. The van der Waals surface area contributed by atoms with Gasteiger partial charge < -0.3 is 0 Å². The average molecular weight is 431 g/mol. The highest BCUT2D eigenvalue weighted by Crippen LogP contribution is 2.35. The van der Waals surface area contributed by atoms with Crippen molar-refractivity contribution in [3.63, 3.8) is 0 Å². The molecule has 0 radical (unpaired) electrons. The van der Waals surface area contributed by atoms with Crippen molar-refractivity contribution in [3.05, 3.63) is 81.5 Å². The Hall–Kier alpha value is -3.04. The van der Waals surface area contributed by atoms with Gasteiger partial charge in [-0.15, -0.1) is 0 Å². The van der Waals surface area contributed by atoms with Crippen LogP contribution in [-0.4, -0.2) is 4.57 Å². The molecule has 5 heteroatoms. The summed E-state index contributed by atoms with van der Waals surface area (Å²) in [7, 11) is 0. The molecule has 0 amide bonds. The van der Waals surface area contributed by atoms with Crippen molar-refractivity contribution in [1.29, 1.82) is 0 Å². The highest BCUT2D eigenvalue weighted by molar-refractivity contribution is 5.54. The molecule has 1 aromatic heterocycles. The molecule has 2 aromatic carbocycles. The zero-order chi connectivity index (χ0) is 23.6. The monoisotopic (exact) mass is 430 g/mol. The van der Waals surface area contributed by atoms with Crippen LogP contribution in [0.3, 0.4) is 0 Å². The fourth-order valence-electron chi connectivity index (χ4n) is 4.45. The smallest absolute Gasteiger partial charge is 0.227 e. The third-order valence-electron chi connectivity index (χ3n) is 6.10. The maximum absolute atomic E-state index is 9.53. The van der Waals surface area contributed by atoms with E-state index >= 15 is 0 Å². The summed E-state index contributed by atoms with van der Waals surface area (Å²) in [6.07, 6.45) is 4.08. The molecular formula is C27H36N5+. The van der Waals surface area contributed by atoms with E-state index in [-0.39, 0.29) is 0 Å². The molecule has 0 aliphatic heterocycles. The first-order valence-electron chi connectivity index (χ1n) is 11.6. The summed E-state index contributed by atoms with van der Waals surface area (Å²) in [5.41, 5.74) is 16.7. The molecule has 0 saturated heterocycles. The summed E-state index contributed by atoms with van der Waals surface area (Å²) in [6.45, 7) is 17.7. The van der Waals surface area contributed by atoms with E-state index < -0.39 is 0 Å². The van der Waals surface area contributed by atoms with Crippen molar-refractivity contribution in [2.45, 2.75) is 79.1 Å². The molecule has 168 valence electrons. The second-order valence-corrected chi connectivity index (χ2v) is 9.72.